The lowest BCUT2D eigenvalue weighted by atomic mass is 10.2. The first kappa shape index (κ1) is 15.6. The van der Waals surface area contributed by atoms with Crippen LogP contribution in [-0.4, -0.2) is 0 Å². The number of halogens is 4. The highest BCUT2D eigenvalue weighted by Crippen LogP contribution is 2.29. The molecule has 0 radical (unpaired) electrons. The predicted octanol–water partition coefficient (Wildman–Crippen LogP) is 2.88. The van der Waals surface area contributed by atoms with Gasteiger partial charge in [0, 0.05) is 17.8 Å². The average molecular weight is 264 g/mol. The van der Waals surface area contributed by atoms with E-state index in [-0.39, 0.29) is 24.8 Å². The Morgan fingerprint density at radius 1 is 1.15 bits per heavy atom. The molecule has 1 rings (SSSR count). The summed E-state index contributed by atoms with van der Waals surface area (Å²) in [5.41, 5.74) is 12.3. The summed E-state index contributed by atoms with van der Waals surface area (Å²) in [7, 11) is 0. The molecule has 0 aliphatic rings. The first-order valence-corrected chi connectivity index (χ1v) is 3.85. The van der Waals surface area contributed by atoms with Crippen molar-refractivity contribution in [3.63, 3.8) is 0 Å². The molecule has 13 heavy (non-hydrogen) atoms. The van der Waals surface area contributed by atoms with Crippen molar-refractivity contribution < 1.29 is 0 Å². The van der Waals surface area contributed by atoms with E-state index >= 15 is 0 Å². The Kier molecular flexibility index (Phi) is 7.89. The van der Waals surface area contributed by atoms with Crippen LogP contribution in [0.3, 0.4) is 0 Å². The number of rotatable bonds is 1. The highest BCUT2D eigenvalue weighted by molar-refractivity contribution is 6.42. The monoisotopic (exact) mass is 262 g/mol. The molecule has 0 atom stereocenters. The normalized spacial score (nSPS) is 8.54. The summed E-state index contributed by atoms with van der Waals surface area (Å²) >= 11 is 11.5. The van der Waals surface area contributed by atoms with E-state index in [0.717, 1.165) is 0 Å². The number of nitrogens with two attached hydrogens (primary N) is 2. The summed E-state index contributed by atoms with van der Waals surface area (Å²) in [6.07, 6.45) is 0. The van der Waals surface area contributed by atoms with Crippen molar-refractivity contribution in [3.05, 3.63) is 27.7 Å². The SMILES string of the molecule is Cl.Cl.NCc1c(N)ccc(Cl)c1Cl. The van der Waals surface area contributed by atoms with Crippen LogP contribution in [0.2, 0.25) is 10.0 Å². The molecule has 76 valence electrons. The topological polar surface area (TPSA) is 52.0 Å². The van der Waals surface area contributed by atoms with Crippen LogP contribution in [0.5, 0.6) is 0 Å². The number of benzene rings is 1. The largest absolute Gasteiger partial charge is 0.398 e. The Balaban J connectivity index is 0. The highest BCUT2D eigenvalue weighted by Gasteiger charge is 2.05. The molecule has 0 bridgehead atoms. The van der Waals surface area contributed by atoms with E-state index in [1.54, 1.807) is 12.1 Å². The van der Waals surface area contributed by atoms with Gasteiger partial charge in [0.2, 0.25) is 0 Å². The lowest BCUT2D eigenvalue weighted by molar-refractivity contribution is 1.08. The van der Waals surface area contributed by atoms with Crippen LogP contribution in [-0.2, 0) is 6.54 Å². The molecule has 0 heterocycles. The number of hydrogen-bond donors (Lipinski definition) is 2. The van der Waals surface area contributed by atoms with Crippen LogP contribution >= 0.6 is 48.0 Å². The van der Waals surface area contributed by atoms with Crippen LogP contribution in [0.25, 0.3) is 0 Å². The van der Waals surface area contributed by atoms with Crippen molar-refractivity contribution in [1.82, 2.24) is 0 Å². The summed E-state index contributed by atoms with van der Waals surface area (Å²) in [5.74, 6) is 0. The first-order chi connectivity index (χ1) is 5.16. The fourth-order valence-corrected chi connectivity index (χ4v) is 1.24. The predicted molar refractivity (Wildman–Crippen MR) is 63.3 cm³/mol. The van der Waals surface area contributed by atoms with Gasteiger partial charge in [-0.05, 0) is 12.1 Å². The lowest BCUT2D eigenvalue weighted by Gasteiger charge is -2.05. The van der Waals surface area contributed by atoms with Crippen LogP contribution < -0.4 is 11.5 Å². The van der Waals surface area contributed by atoms with Gasteiger partial charge < -0.3 is 11.5 Å². The van der Waals surface area contributed by atoms with Crippen LogP contribution in [0, 0.1) is 0 Å². The minimum absolute atomic E-state index is 0. The molecule has 6 heteroatoms. The van der Waals surface area contributed by atoms with Crippen LogP contribution in [0.4, 0.5) is 5.69 Å². The van der Waals surface area contributed by atoms with Crippen LogP contribution in [0.1, 0.15) is 5.56 Å². The van der Waals surface area contributed by atoms with Crippen molar-refractivity contribution in [3.8, 4) is 0 Å². The highest BCUT2D eigenvalue weighted by atomic mass is 35.5. The maximum absolute atomic E-state index is 5.81. The van der Waals surface area contributed by atoms with Crippen molar-refractivity contribution >= 4 is 53.7 Å². The van der Waals surface area contributed by atoms with E-state index < -0.39 is 0 Å². The zero-order valence-corrected chi connectivity index (χ0v) is 9.73. The Labute approximate surface area is 99.4 Å². The molecular weight excluding hydrogens is 254 g/mol. The summed E-state index contributed by atoms with van der Waals surface area (Å²) in [5, 5.41) is 0.940. The number of hydrogen-bond acceptors (Lipinski definition) is 2. The quantitative estimate of drug-likeness (QED) is 0.766. The van der Waals surface area contributed by atoms with Gasteiger partial charge in [0.15, 0.2) is 0 Å². The Bertz CT molecular complexity index is 277. The maximum Gasteiger partial charge on any atom is 0.0657 e. The van der Waals surface area contributed by atoms with E-state index in [2.05, 4.69) is 0 Å². The lowest BCUT2D eigenvalue weighted by Crippen LogP contribution is -2.02. The summed E-state index contributed by atoms with van der Waals surface area (Å²) in [6, 6.07) is 3.34. The molecule has 0 aliphatic carbocycles. The van der Waals surface area contributed by atoms with Crippen LogP contribution in [0.15, 0.2) is 12.1 Å². The molecule has 1 aromatic carbocycles. The van der Waals surface area contributed by atoms with Crippen molar-refractivity contribution in [2.75, 3.05) is 5.73 Å². The summed E-state index contributed by atoms with van der Waals surface area (Å²) in [4.78, 5) is 0. The van der Waals surface area contributed by atoms with Gasteiger partial charge in [-0.1, -0.05) is 23.2 Å². The van der Waals surface area contributed by atoms with Crippen molar-refractivity contribution in [2.24, 2.45) is 5.73 Å². The Morgan fingerprint density at radius 2 is 1.69 bits per heavy atom. The molecule has 0 amide bonds. The molecule has 4 N–H and O–H groups in total. The average Bonchev–Trinajstić information content (AvgIpc) is 1.99. The molecule has 0 aliphatic heterocycles. The first-order valence-electron chi connectivity index (χ1n) is 3.09. The second kappa shape index (κ2) is 6.57. The van der Waals surface area contributed by atoms with Gasteiger partial charge in [0.1, 0.15) is 0 Å². The standard InChI is InChI=1S/C7H8Cl2N2.2ClH/c8-5-1-2-6(11)4(3-10)7(5)9;;/h1-2H,3,10-11H2;2*1H. The van der Waals surface area contributed by atoms with E-state index in [0.29, 0.717) is 27.8 Å². The molecule has 1 aromatic rings. The Hall–Kier alpha value is 0.140. The minimum Gasteiger partial charge on any atom is -0.398 e. The molecule has 0 fully saturated rings. The molecule has 0 saturated carbocycles. The fraction of sp³-hybridized carbons (Fsp3) is 0.143. The van der Waals surface area contributed by atoms with E-state index in [9.17, 15) is 0 Å². The van der Waals surface area contributed by atoms with Crippen molar-refractivity contribution in [2.45, 2.75) is 6.54 Å². The van der Waals surface area contributed by atoms with Gasteiger partial charge in [0.05, 0.1) is 10.0 Å². The fourth-order valence-electron chi connectivity index (χ4n) is 0.815. The Morgan fingerprint density at radius 3 is 2.08 bits per heavy atom. The smallest absolute Gasteiger partial charge is 0.0657 e. The third kappa shape index (κ3) is 3.41. The van der Waals surface area contributed by atoms with Gasteiger partial charge in [0.25, 0.3) is 0 Å². The molecule has 0 saturated heterocycles. The maximum atomic E-state index is 5.81. The van der Waals surface area contributed by atoms with E-state index in [1.807, 2.05) is 0 Å². The van der Waals surface area contributed by atoms with E-state index in [1.165, 1.54) is 0 Å². The molecule has 0 unspecified atom stereocenters. The van der Waals surface area contributed by atoms with Gasteiger partial charge in [-0.2, -0.15) is 0 Å². The number of nitrogen functional groups attached to an aromatic ring is 1. The number of anilines is 1. The van der Waals surface area contributed by atoms with Gasteiger partial charge in [-0.3, -0.25) is 0 Å². The minimum atomic E-state index is 0. The van der Waals surface area contributed by atoms with E-state index in [4.69, 9.17) is 34.7 Å². The molecule has 2 nitrogen and oxygen atoms in total. The van der Waals surface area contributed by atoms with Gasteiger partial charge in [-0.15, -0.1) is 24.8 Å². The molecule has 0 aromatic heterocycles. The zero-order valence-electron chi connectivity index (χ0n) is 6.59. The van der Waals surface area contributed by atoms with Crippen molar-refractivity contribution in [1.29, 1.82) is 0 Å². The summed E-state index contributed by atoms with van der Waals surface area (Å²) in [6.45, 7) is 0.311. The molecular formula is C7H10Cl4N2. The zero-order chi connectivity index (χ0) is 8.43. The summed E-state index contributed by atoms with van der Waals surface area (Å²) < 4.78 is 0. The third-order valence-electron chi connectivity index (χ3n) is 1.44. The van der Waals surface area contributed by atoms with Gasteiger partial charge in [-0.25, -0.2) is 0 Å². The molecule has 0 spiro atoms. The van der Waals surface area contributed by atoms with Gasteiger partial charge >= 0.3 is 0 Å². The third-order valence-corrected chi connectivity index (χ3v) is 2.28. The second-order valence-corrected chi connectivity index (χ2v) is 2.92. The second-order valence-electron chi connectivity index (χ2n) is 2.13.